The van der Waals surface area contributed by atoms with Crippen molar-refractivity contribution in [1.82, 2.24) is 19.5 Å². The Bertz CT molecular complexity index is 839. The Kier molecular flexibility index (Phi) is 4.72. The number of rotatable bonds is 4. The van der Waals surface area contributed by atoms with Crippen LogP contribution in [0.15, 0.2) is 53.4 Å². The Morgan fingerprint density at radius 2 is 1.88 bits per heavy atom. The van der Waals surface area contributed by atoms with E-state index in [4.69, 9.17) is 0 Å². The van der Waals surface area contributed by atoms with Gasteiger partial charge in [-0.2, -0.15) is 5.10 Å². The molecule has 0 unspecified atom stereocenters. The summed E-state index contributed by atoms with van der Waals surface area (Å²) in [6.07, 6.45) is 3.94. The molecule has 0 spiro atoms. The third-order valence-electron chi connectivity index (χ3n) is 5.07. The number of aromatic nitrogens is 3. The summed E-state index contributed by atoms with van der Waals surface area (Å²) in [6, 6.07) is 15.3. The van der Waals surface area contributed by atoms with E-state index >= 15 is 0 Å². The van der Waals surface area contributed by atoms with Crippen LogP contribution in [0, 0.1) is 0 Å². The maximum Gasteiger partial charge on any atom is 0.156 e. The summed E-state index contributed by atoms with van der Waals surface area (Å²) in [5.41, 5.74) is 2.44. The molecule has 3 heterocycles. The second-order valence-corrected chi connectivity index (χ2v) is 7.45. The van der Waals surface area contributed by atoms with Gasteiger partial charge < -0.3 is 4.90 Å². The Hall–Kier alpha value is -1.92. The first-order valence-electron chi connectivity index (χ1n) is 8.70. The third kappa shape index (κ3) is 3.41. The van der Waals surface area contributed by atoms with Crippen LogP contribution in [0.1, 0.15) is 18.4 Å². The van der Waals surface area contributed by atoms with E-state index in [1.165, 1.54) is 5.56 Å². The average Bonchev–Trinajstić information content (AvgIpc) is 3.04. The Balaban J connectivity index is 1.43. The Morgan fingerprint density at radius 1 is 1.12 bits per heavy atom. The monoisotopic (exact) mass is 399 g/mol. The van der Waals surface area contributed by atoms with Crippen LogP contribution in [0.25, 0.3) is 5.52 Å². The first-order chi connectivity index (χ1) is 12.2. The van der Waals surface area contributed by atoms with Crippen molar-refractivity contribution in [3.63, 3.8) is 0 Å². The molecule has 0 radical (unpaired) electrons. The molecule has 1 aliphatic rings. The van der Waals surface area contributed by atoms with E-state index in [0.29, 0.717) is 6.04 Å². The summed E-state index contributed by atoms with van der Waals surface area (Å²) >= 11 is 3.53. The number of likely N-dealkylation sites (tertiary alicyclic amines) is 1. The van der Waals surface area contributed by atoms with Gasteiger partial charge in [0.1, 0.15) is 16.4 Å². The molecule has 0 amide bonds. The fraction of sp³-hybridized carbons (Fsp3) is 0.368. The first-order valence-corrected chi connectivity index (χ1v) is 9.49. The van der Waals surface area contributed by atoms with Crippen molar-refractivity contribution in [3.8, 4) is 0 Å². The molecule has 0 aliphatic carbocycles. The molecule has 5 nitrogen and oxygen atoms in total. The van der Waals surface area contributed by atoms with E-state index in [2.05, 4.69) is 79.3 Å². The maximum absolute atomic E-state index is 4.54. The summed E-state index contributed by atoms with van der Waals surface area (Å²) in [5.74, 6) is 1.00. The van der Waals surface area contributed by atoms with Crippen LogP contribution in [-0.4, -0.2) is 45.7 Å². The van der Waals surface area contributed by atoms with Gasteiger partial charge in [-0.1, -0.05) is 30.3 Å². The van der Waals surface area contributed by atoms with Crippen molar-refractivity contribution >= 4 is 27.3 Å². The molecule has 0 atom stereocenters. The highest BCUT2D eigenvalue weighted by Gasteiger charge is 2.24. The van der Waals surface area contributed by atoms with Crippen molar-refractivity contribution in [3.05, 3.63) is 59.0 Å². The summed E-state index contributed by atoms with van der Waals surface area (Å²) in [7, 11) is 2.15. The second kappa shape index (κ2) is 7.14. The van der Waals surface area contributed by atoms with Crippen LogP contribution in [0.4, 0.5) is 5.82 Å². The molecule has 0 N–H and O–H groups in total. The van der Waals surface area contributed by atoms with Crippen molar-refractivity contribution in [2.24, 2.45) is 0 Å². The van der Waals surface area contributed by atoms with Crippen molar-refractivity contribution in [1.29, 1.82) is 0 Å². The van der Waals surface area contributed by atoms with Gasteiger partial charge in [0.05, 0.1) is 0 Å². The van der Waals surface area contributed by atoms with E-state index in [1.54, 1.807) is 6.33 Å². The molecule has 6 heteroatoms. The summed E-state index contributed by atoms with van der Waals surface area (Å²) in [5, 5.41) is 4.31. The maximum atomic E-state index is 4.54. The minimum Gasteiger partial charge on any atom is -0.355 e. The quantitative estimate of drug-likeness (QED) is 0.671. The lowest BCUT2D eigenvalue weighted by atomic mass is 10.0. The van der Waals surface area contributed by atoms with Gasteiger partial charge in [0.25, 0.3) is 0 Å². The van der Waals surface area contributed by atoms with Gasteiger partial charge in [0.15, 0.2) is 5.82 Å². The highest BCUT2D eigenvalue weighted by molar-refractivity contribution is 9.10. The summed E-state index contributed by atoms with van der Waals surface area (Å²) < 4.78 is 2.85. The molecule has 1 fully saturated rings. The molecule has 1 aromatic carbocycles. The minimum absolute atomic E-state index is 0.513. The molecule has 130 valence electrons. The van der Waals surface area contributed by atoms with Crippen LogP contribution >= 0.6 is 15.9 Å². The molecular formula is C19H22BrN5. The van der Waals surface area contributed by atoms with Crippen LogP contribution in [0.2, 0.25) is 0 Å². The number of benzene rings is 1. The van der Waals surface area contributed by atoms with Crippen LogP contribution in [0.3, 0.4) is 0 Å². The average molecular weight is 400 g/mol. The SMILES string of the molecule is CN(c1ncnn2c(Br)ccc12)C1CCN(Cc2ccccc2)CC1. The van der Waals surface area contributed by atoms with Gasteiger partial charge in [-0.05, 0) is 46.5 Å². The molecule has 4 rings (SSSR count). The lowest BCUT2D eigenvalue weighted by molar-refractivity contribution is 0.203. The smallest absolute Gasteiger partial charge is 0.156 e. The Labute approximate surface area is 156 Å². The third-order valence-corrected chi connectivity index (χ3v) is 5.67. The number of fused-ring (bicyclic) bond motifs is 1. The van der Waals surface area contributed by atoms with Crippen LogP contribution < -0.4 is 4.90 Å². The molecule has 0 saturated carbocycles. The van der Waals surface area contributed by atoms with Gasteiger partial charge in [0.2, 0.25) is 0 Å². The molecular weight excluding hydrogens is 378 g/mol. The van der Waals surface area contributed by atoms with Gasteiger partial charge >= 0.3 is 0 Å². The van der Waals surface area contributed by atoms with Crippen molar-refractivity contribution in [2.75, 3.05) is 25.0 Å². The molecule has 1 saturated heterocycles. The summed E-state index contributed by atoms with van der Waals surface area (Å²) in [4.78, 5) is 9.41. The van der Waals surface area contributed by atoms with E-state index in [0.717, 1.165) is 48.4 Å². The Morgan fingerprint density at radius 3 is 2.64 bits per heavy atom. The highest BCUT2D eigenvalue weighted by Crippen LogP contribution is 2.26. The second-order valence-electron chi connectivity index (χ2n) is 6.64. The van der Waals surface area contributed by atoms with E-state index in [1.807, 2.05) is 10.6 Å². The lowest BCUT2D eigenvalue weighted by Crippen LogP contribution is -2.43. The van der Waals surface area contributed by atoms with Crippen LogP contribution in [-0.2, 0) is 6.54 Å². The molecule has 2 aromatic heterocycles. The van der Waals surface area contributed by atoms with Gasteiger partial charge in [-0.3, -0.25) is 4.90 Å². The fourth-order valence-corrected chi connectivity index (χ4v) is 4.05. The number of hydrogen-bond acceptors (Lipinski definition) is 4. The highest BCUT2D eigenvalue weighted by atomic mass is 79.9. The van der Waals surface area contributed by atoms with Gasteiger partial charge in [-0.25, -0.2) is 9.50 Å². The molecule has 25 heavy (non-hydrogen) atoms. The van der Waals surface area contributed by atoms with E-state index < -0.39 is 0 Å². The number of nitrogens with zero attached hydrogens (tertiary/aromatic N) is 5. The number of hydrogen-bond donors (Lipinski definition) is 0. The largest absolute Gasteiger partial charge is 0.355 e. The first kappa shape index (κ1) is 16.5. The zero-order chi connectivity index (χ0) is 17.2. The minimum atomic E-state index is 0.513. The number of halogens is 1. The zero-order valence-corrected chi connectivity index (χ0v) is 15.9. The predicted octanol–water partition coefficient (Wildman–Crippen LogP) is 3.59. The lowest BCUT2D eigenvalue weighted by Gasteiger charge is -2.37. The van der Waals surface area contributed by atoms with Crippen LogP contribution in [0.5, 0.6) is 0 Å². The molecule has 3 aromatic rings. The van der Waals surface area contributed by atoms with Gasteiger partial charge in [0, 0.05) is 32.7 Å². The standard InChI is InChI=1S/C19H22BrN5/c1-23(19-17-7-8-18(20)25(17)22-14-21-19)16-9-11-24(12-10-16)13-15-5-3-2-4-6-15/h2-8,14,16H,9-13H2,1H3. The predicted molar refractivity (Wildman–Crippen MR) is 104 cm³/mol. The fourth-order valence-electron chi connectivity index (χ4n) is 3.64. The van der Waals surface area contributed by atoms with E-state index in [9.17, 15) is 0 Å². The number of piperidine rings is 1. The van der Waals surface area contributed by atoms with Crippen molar-refractivity contribution < 1.29 is 0 Å². The topological polar surface area (TPSA) is 36.7 Å². The molecule has 1 aliphatic heterocycles. The summed E-state index contributed by atoms with van der Waals surface area (Å²) in [6.45, 7) is 3.28. The molecule has 0 bridgehead atoms. The normalized spacial score (nSPS) is 16.4. The van der Waals surface area contributed by atoms with E-state index in [-0.39, 0.29) is 0 Å². The van der Waals surface area contributed by atoms with Crippen molar-refractivity contribution in [2.45, 2.75) is 25.4 Å². The van der Waals surface area contributed by atoms with Gasteiger partial charge in [-0.15, -0.1) is 0 Å². The zero-order valence-electron chi connectivity index (χ0n) is 14.3. The number of anilines is 1.